The van der Waals surface area contributed by atoms with E-state index < -0.39 is 11.9 Å². The molecule has 5 nitrogen and oxygen atoms in total. The third-order valence-electron chi connectivity index (χ3n) is 6.17. The number of nitrogens with zero attached hydrogens (tertiary/aromatic N) is 1. The zero-order valence-corrected chi connectivity index (χ0v) is 20.0. The highest BCUT2D eigenvalue weighted by atomic mass is 32.1. The quantitative estimate of drug-likeness (QED) is 0.453. The zero-order valence-electron chi connectivity index (χ0n) is 19.2. The van der Waals surface area contributed by atoms with Crippen molar-refractivity contribution in [3.63, 3.8) is 0 Å². The highest BCUT2D eigenvalue weighted by molar-refractivity contribution is 7.10. The van der Waals surface area contributed by atoms with E-state index in [1.807, 2.05) is 17.5 Å². The number of benzene rings is 2. The first-order valence-electron chi connectivity index (χ1n) is 11.6. The molecule has 7 heteroatoms. The first-order chi connectivity index (χ1) is 16.5. The Hall–Kier alpha value is -3.19. The summed E-state index contributed by atoms with van der Waals surface area (Å²) in [5, 5.41) is 5.09. The number of rotatable bonds is 8. The van der Waals surface area contributed by atoms with Crippen LogP contribution in [0.15, 0.2) is 66.0 Å². The van der Waals surface area contributed by atoms with Crippen LogP contribution < -0.4 is 15.0 Å². The third-order valence-corrected chi connectivity index (χ3v) is 7.05. The average molecular weight is 481 g/mol. The van der Waals surface area contributed by atoms with Crippen molar-refractivity contribution in [3.8, 4) is 5.75 Å². The van der Waals surface area contributed by atoms with Crippen LogP contribution in [0.5, 0.6) is 5.75 Å². The van der Waals surface area contributed by atoms with Crippen LogP contribution in [0.25, 0.3) is 0 Å². The van der Waals surface area contributed by atoms with Crippen molar-refractivity contribution in [1.82, 2.24) is 5.32 Å². The molecule has 0 radical (unpaired) electrons. The number of ether oxygens (including phenoxy) is 1. The summed E-state index contributed by atoms with van der Waals surface area (Å²) in [6.45, 7) is 0. The lowest BCUT2D eigenvalue weighted by atomic mass is 9.94. The van der Waals surface area contributed by atoms with Gasteiger partial charge in [0, 0.05) is 16.6 Å². The molecule has 0 spiro atoms. The standard InChI is InChI=1S/C27H29FN2O3S/c1-33-23-15-13-22(14-16-23)30(25(31)18-24-8-5-17-34-24)26(19-9-11-20(28)12-10-19)27(32)29-21-6-3-2-4-7-21/h5,8-17,21,26H,2-4,6-7,18H2,1H3,(H,29,32)/t26-/m0/s1. The van der Waals surface area contributed by atoms with Crippen LogP contribution >= 0.6 is 11.3 Å². The van der Waals surface area contributed by atoms with Crippen LogP contribution in [-0.2, 0) is 16.0 Å². The molecule has 1 atom stereocenters. The minimum Gasteiger partial charge on any atom is -0.497 e. The molecular weight excluding hydrogens is 451 g/mol. The van der Waals surface area contributed by atoms with Crippen molar-refractivity contribution in [3.05, 3.63) is 82.3 Å². The lowest BCUT2D eigenvalue weighted by Crippen LogP contribution is -2.47. The minimum absolute atomic E-state index is 0.0781. The molecule has 4 rings (SSSR count). The third kappa shape index (κ3) is 5.83. The van der Waals surface area contributed by atoms with E-state index in [9.17, 15) is 14.0 Å². The zero-order chi connectivity index (χ0) is 23.9. The maximum atomic E-state index is 13.7. The highest BCUT2D eigenvalue weighted by Gasteiger charge is 2.34. The normalized spacial score (nSPS) is 14.9. The Morgan fingerprint density at radius 2 is 1.76 bits per heavy atom. The second-order valence-corrected chi connectivity index (χ2v) is 9.55. The number of hydrogen-bond donors (Lipinski definition) is 1. The molecule has 0 aliphatic heterocycles. The van der Waals surface area contributed by atoms with Gasteiger partial charge in [-0.3, -0.25) is 14.5 Å². The highest BCUT2D eigenvalue weighted by Crippen LogP contribution is 2.31. The largest absolute Gasteiger partial charge is 0.497 e. The summed E-state index contributed by atoms with van der Waals surface area (Å²) in [5.41, 5.74) is 1.14. The van der Waals surface area contributed by atoms with Gasteiger partial charge in [0.2, 0.25) is 11.8 Å². The average Bonchev–Trinajstić information content (AvgIpc) is 3.37. The molecule has 3 aromatic rings. The topological polar surface area (TPSA) is 58.6 Å². The molecule has 1 aromatic heterocycles. The van der Waals surface area contributed by atoms with Crippen LogP contribution in [0.2, 0.25) is 0 Å². The van der Waals surface area contributed by atoms with E-state index in [4.69, 9.17) is 4.74 Å². The Kier molecular flexibility index (Phi) is 7.95. The number of nitrogens with one attached hydrogen (secondary N) is 1. The molecule has 1 N–H and O–H groups in total. The summed E-state index contributed by atoms with van der Waals surface area (Å²) >= 11 is 1.50. The second kappa shape index (κ2) is 11.3. The van der Waals surface area contributed by atoms with E-state index in [1.165, 1.54) is 34.8 Å². The fourth-order valence-electron chi connectivity index (χ4n) is 4.42. The molecule has 0 unspecified atom stereocenters. The number of hydrogen-bond acceptors (Lipinski definition) is 4. The van der Waals surface area contributed by atoms with Crippen molar-refractivity contribution in [2.24, 2.45) is 0 Å². The van der Waals surface area contributed by atoms with Crippen molar-refractivity contribution >= 4 is 28.8 Å². The molecule has 34 heavy (non-hydrogen) atoms. The Balaban J connectivity index is 1.73. The van der Waals surface area contributed by atoms with E-state index in [0.717, 1.165) is 30.6 Å². The van der Waals surface area contributed by atoms with Gasteiger partial charge in [-0.15, -0.1) is 11.3 Å². The number of amides is 2. The molecule has 1 aliphatic carbocycles. The number of methoxy groups -OCH3 is 1. The van der Waals surface area contributed by atoms with Gasteiger partial charge in [0.1, 0.15) is 17.6 Å². The van der Waals surface area contributed by atoms with Gasteiger partial charge in [0.15, 0.2) is 0 Å². The van der Waals surface area contributed by atoms with Gasteiger partial charge in [-0.1, -0.05) is 37.5 Å². The summed E-state index contributed by atoms with van der Waals surface area (Å²) in [6.07, 6.45) is 5.33. The summed E-state index contributed by atoms with van der Waals surface area (Å²) in [6, 6.07) is 15.8. The van der Waals surface area contributed by atoms with Crippen LogP contribution in [0.4, 0.5) is 10.1 Å². The molecule has 178 valence electrons. The van der Waals surface area contributed by atoms with Gasteiger partial charge in [-0.2, -0.15) is 0 Å². The minimum atomic E-state index is -0.927. The van der Waals surface area contributed by atoms with Gasteiger partial charge < -0.3 is 10.1 Å². The lowest BCUT2D eigenvalue weighted by molar-refractivity contribution is -0.127. The summed E-state index contributed by atoms with van der Waals surface area (Å²) < 4.78 is 19.0. The summed E-state index contributed by atoms with van der Waals surface area (Å²) in [7, 11) is 1.58. The molecule has 2 aromatic carbocycles. The number of anilines is 1. The Labute approximate surface area is 203 Å². The summed E-state index contributed by atoms with van der Waals surface area (Å²) in [5.74, 6) is -0.204. The molecule has 1 aliphatic rings. The maximum absolute atomic E-state index is 13.7. The number of halogens is 1. The molecule has 2 amide bonds. The van der Waals surface area contributed by atoms with E-state index in [1.54, 1.807) is 43.5 Å². The smallest absolute Gasteiger partial charge is 0.248 e. The number of carbonyl (C=O) groups excluding carboxylic acids is 2. The van der Waals surface area contributed by atoms with Gasteiger partial charge in [0.05, 0.1) is 13.5 Å². The fourth-order valence-corrected chi connectivity index (χ4v) is 5.11. The van der Waals surface area contributed by atoms with E-state index >= 15 is 0 Å². The van der Waals surface area contributed by atoms with Gasteiger partial charge in [-0.05, 0) is 66.2 Å². The molecule has 1 heterocycles. The van der Waals surface area contributed by atoms with Gasteiger partial charge >= 0.3 is 0 Å². The molecule has 0 bridgehead atoms. The fraction of sp³-hybridized carbons (Fsp3) is 0.333. The maximum Gasteiger partial charge on any atom is 0.248 e. The van der Waals surface area contributed by atoms with Crippen LogP contribution in [0.1, 0.15) is 48.6 Å². The first-order valence-corrected chi connectivity index (χ1v) is 12.5. The van der Waals surface area contributed by atoms with Gasteiger partial charge in [0.25, 0.3) is 0 Å². The van der Waals surface area contributed by atoms with Crippen molar-refractivity contribution in [2.75, 3.05) is 12.0 Å². The molecule has 1 saturated carbocycles. The monoisotopic (exact) mass is 480 g/mol. The predicted octanol–water partition coefficient (Wildman–Crippen LogP) is 5.66. The van der Waals surface area contributed by atoms with E-state index in [2.05, 4.69) is 5.32 Å². The Bertz CT molecular complexity index is 1080. The van der Waals surface area contributed by atoms with E-state index in [0.29, 0.717) is 17.0 Å². The van der Waals surface area contributed by atoms with Crippen molar-refractivity contribution < 1.29 is 18.7 Å². The van der Waals surface area contributed by atoms with Crippen LogP contribution in [-0.4, -0.2) is 25.0 Å². The second-order valence-electron chi connectivity index (χ2n) is 8.52. The van der Waals surface area contributed by atoms with Crippen LogP contribution in [0.3, 0.4) is 0 Å². The Morgan fingerprint density at radius 1 is 1.06 bits per heavy atom. The molecule has 1 fully saturated rings. The van der Waals surface area contributed by atoms with Crippen LogP contribution in [0, 0.1) is 5.82 Å². The first kappa shape index (κ1) is 24.0. The number of thiophene rings is 1. The SMILES string of the molecule is COc1ccc(N(C(=O)Cc2cccs2)[C@H](C(=O)NC2CCCCC2)c2ccc(F)cc2)cc1. The predicted molar refractivity (Wildman–Crippen MR) is 133 cm³/mol. The van der Waals surface area contributed by atoms with Crippen molar-refractivity contribution in [1.29, 1.82) is 0 Å². The Morgan fingerprint density at radius 3 is 2.38 bits per heavy atom. The lowest BCUT2D eigenvalue weighted by Gasteiger charge is -2.33. The van der Waals surface area contributed by atoms with Crippen molar-refractivity contribution in [2.45, 2.75) is 50.6 Å². The molecule has 0 saturated heterocycles. The summed E-state index contributed by atoms with van der Waals surface area (Å²) in [4.78, 5) is 29.9. The van der Waals surface area contributed by atoms with Gasteiger partial charge in [-0.25, -0.2) is 4.39 Å². The number of carbonyl (C=O) groups is 2. The van der Waals surface area contributed by atoms with E-state index in [-0.39, 0.29) is 24.3 Å². The molecular formula is C27H29FN2O3S.